The number of carbonyl (C=O) groups is 3. The molecule has 0 unspecified atom stereocenters. The average molecular weight is 247 g/mol. The Labute approximate surface area is 123 Å². The van der Waals surface area contributed by atoms with Gasteiger partial charge in [-0.3, -0.25) is 20.2 Å². The predicted molar refractivity (Wildman–Crippen MR) is 64.2 cm³/mol. The molecule has 0 aliphatic carbocycles. The molecule has 1 aliphatic heterocycles. The summed E-state index contributed by atoms with van der Waals surface area (Å²) in [5.74, 6) is -1.07. The Kier molecular flexibility index (Phi) is 6.09. The topological polar surface area (TPSA) is 75.3 Å². The Morgan fingerprint density at radius 2 is 1.65 bits per heavy atom. The van der Waals surface area contributed by atoms with Crippen molar-refractivity contribution in [2.45, 2.75) is 33.6 Å². The molecule has 0 atom stereocenters. The SMILES string of the molecule is CCC=C(C)C1(CC)C(=O)NC(=O)NC1=O.[Na]. The van der Waals surface area contributed by atoms with Crippen molar-refractivity contribution in [3.63, 3.8) is 0 Å². The quantitative estimate of drug-likeness (QED) is 0.438. The predicted octanol–water partition coefficient (Wildman–Crippen LogP) is 0.724. The van der Waals surface area contributed by atoms with Crippen LogP contribution >= 0.6 is 0 Å². The van der Waals surface area contributed by atoms with E-state index < -0.39 is 23.3 Å². The van der Waals surface area contributed by atoms with Crippen LogP contribution in [0, 0.1) is 5.41 Å². The maximum absolute atomic E-state index is 11.9. The number of amides is 4. The van der Waals surface area contributed by atoms with Gasteiger partial charge in [-0.2, -0.15) is 0 Å². The van der Waals surface area contributed by atoms with Gasteiger partial charge in [0, 0.05) is 29.6 Å². The van der Waals surface area contributed by atoms with Crippen LogP contribution in [-0.2, 0) is 9.59 Å². The summed E-state index contributed by atoms with van der Waals surface area (Å²) in [7, 11) is 0. The van der Waals surface area contributed by atoms with E-state index in [2.05, 4.69) is 10.6 Å². The van der Waals surface area contributed by atoms with Gasteiger partial charge in [-0.1, -0.05) is 25.5 Å². The van der Waals surface area contributed by atoms with E-state index in [4.69, 9.17) is 0 Å². The zero-order valence-corrected chi connectivity index (χ0v) is 12.7. The molecule has 0 aromatic rings. The van der Waals surface area contributed by atoms with Crippen LogP contribution in [0.1, 0.15) is 33.6 Å². The van der Waals surface area contributed by atoms with Gasteiger partial charge >= 0.3 is 6.03 Å². The van der Waals surface area contributed by atoms with Crippen molar-refractivity contribution >= 4 is 47.4 Å². The van der Waals surface area contributed by atoms with E-state index in [-0.39, 0.29) is 29.6 Å². The van der Waals surface area contributed by atoms with Crippen LogP contribution in [0.2, 0.25) is 0 Å². The average Bonchev–Trinajstić information content (AvgIpc) is 2.18. The third kappa shape index (κ3) is 2.78. The molecule has 4 amide bonds. The van der Waals surface area contributed by atoms with Gasteiger partial charge in [-0.25, -0.2) is 4.79 Å². The second kappa shape index (κ2) is 6.33. The van der Waals surface area contributed by atoms with Gasteiger partial charge in [-0.15, -0.1) is 0 Å². The molecule has 1 radical (unpaired) electrons. The first kappa shape index (κ1) is 16.4. The minimum atomic E-state index is -1.23. The largest absolute Gasteiger partial charge is 0.328 e. The van der Waals surface area contributed by atoms with Gasteiger partial charge in [-0.05, 0) is 19.8 Å². The van der Waals surface area contributed by atoms with Crippen molar-refractivity contribution in [2.75, 3.05) is 0 Å². The van der Waals surface area contributed by atoms with Gasteiger partial charge in [0.1, 0.15) is 5.41 Å². The first-order chi connectivity index (χ1) is 7.48. The first-order valence-electron chi connectivity index (χ1n) is 5.33. The zero-order valence-electron chi connectivity index (χ0n) is 10.7. The zero-order chi connectivity index (χ0) is 12.3. The number of rotatable bonds is 3. The summed E-state index contributed by atoms with van der Waals surface area (Å²) in [5, 5.41) is 4.28. The molecular formula is C11H16N2NaO3. The van der Waals surface area contributed by atoms with Gasteiger partial charge < -0.3 is 0 Å². The van der Waals surface area contributed by atoms with Crippen LogP contribution in [0.3, 0.4) is 0 Å². The standard InChI is InChI=1S/C11H16N2O3.Na/c1-4-6-7(3)11(5-2)8(14)12-10(16)13-9(11)15;/h6H,4-5H2,1-3H3,(H2,12,13,14,15,16);. The fourth-order valence-electron chi connectivity index (χ4n) is 1.99. The van der Waals surface area contributed by atoms with E-state index in [0.29, 0.717) is 12.0 Å². The smallest absolute Gasteiger partial charge is 0.277 e. The maximum atomic E-state index is 11.9. The molecule has 1 rings (SSSR count). The molecule has 89 valence electrons. The summed E-state index contributed by atoms with van der Waals surface area (Å²) in [6.07, 6.45) is 2.90. The van der Waals surface area contributed by atoms with E-state index in [1.165, 1.54) is 0 Å². The number of hydrogen-bond acceptors (Lipinski definition) is 3. The monoisotopic (exact) mass is 247 g/mol. The molecule has 5 nitrogen and oxygen atoms in total. The molecule has 0 aromatic heterocycles. The van der Waals surface area contributed by atoms with Crippen LogP contribution in [0.4, 0.5) is 4.79 Å². The molecule has 0 saturated carbocycles. The normalized spacial score (nSPS) is 19.2. The third-order valence-corrected chi connectivity index (χ3v) is 2.94. The summed E-state index contributed by atoms with van der Waals surface area (Å²) in [4.78, 5) is 34.7. The maximum Gasteiger partial charge on any atom is 0.328 e. The van der Waals surface area contributed by atoms with Crippen molar-refractivity contribution in [1.29, 1.82) is 0 Å². The number of hydrogen-bond donors (Lipinski definition) is 2. The third-order valence-electron chi connectivity index (χ3n) is 2.94. The molecule has 0 aromatic carbocycles. The van der Waals surface area contributed by atoms with E-state index in [9.17, 15) is 14.4 Å². The Morgan fingerprint density at radius 3 is 2.00 bits per heavy atom. The van der Waals surface area contributed by atoms with E-state index in [0.717, 1.165) is 6.42 Å². The van der Waals surface area contributed by atoms with Gasteiger partial charge in [0.2, 0.25) is 11.8 Å². The molecule has 0 bridgehead atoms. The number of carbonyl (C=O) groups excluding carboxylic acids is 3. The second-order valence-electron chi connectivity index (χ2n) is 3.79. The Bertz CT molecular complexity index is 357. The minimum Gasteiger partial charge on any atom is -0.277 e. The summed E-state index contributed by atoms with van der Waals surface area (Å²) in [6.45, 7) is 5.42. The summed E-state index contributed by atoms with van der Waals surface area (Å²) >= 11 is 0. The van der Waals surface area contributed by atoms with Crippen LogP contribution < -0.4 is 10.6 Å². The molecule has 2 N–H and O–H groups in total. The van der Waals surface area contributed by atoms with Gasteiger partial charge in [0.05, 0.1) is 0 Å². The molecule has 1 aliphatic rings. The molecule has 1 heterocycles. The van der Waals surface area contributed by atoms with Crippen LogP contribution in [0.15, 0.2) is 11.6 Å². The number of barbiturate groups is 1. The van der Waals surface area contributed by atoms with Gasteiger partial charge in [0.15, 0.2) is 0 Å². The fraction of sp³-hybridized carbons (Fsp3) is 0.545. The molecule has 1 fully saturated rings. The van der Waals surface area contributed by atoms with Crippen LogP contribution in [-0.4, -0.2) is 47.4 Å². The van der Waals surface area contributed by atoms with Crippen LogP contribution in [0.5, 0.6) is 0 Å². The van der Waals surface area contributed by atoms with Crippen molar-refractivity contribution in [3.05, 3.63) is 11.6 Å². The first-order valence-corrected chi connectivity index (χ1v) is 5.33. The van der Waals surface area contributed by atoms with Crippen molar-refractivity contribution < 1.29 is 14.4 Å². The summed E-state index contributed by atoms with van der Waals surface area (Å²) in [6, 6.07) is -0.747. The Morgan fingerprint density at radius 1 is 1.18 bits per heavy atom. The number of nitrogens with one attached hydrogen (secondary N) is 2. The number of imide groups is 2. The van der Waals surface area contributed by atoms with Crippen molar-refractivity contribution in [2.24, 2.45) is 5.41 Å². The van der Waals surface area contributed by atoms with Crippen molar-refractivity contribution in [1.82, 2.24) is 10.6 Å². The van der Waals surface area contributed by atoms with Crippen LogP contribution in [0.25, 0.3) is 0 Å². The molecule has 1 saturated heterocycles. The van der Waals surface area contributed by atoms with Crippen molar-refractivity contribution in [3.8, 4) is 0 Å². The Hall–Kier alpha value is -0.650. The number of allylic oxidation sites excluding steroid dienone is 1. The molecule has 17 heavy (non-hydrogen) atoms. The molecule has 0 spiro atoms. The second-order valence-corrected chi connectivity index (χ2v) is 3.79. The van der Waals surface area contributed by atoms with E-state index in [1.54, 1.807) is 13.8 Å². The van der Waals surface area contributed by atoms with E-state index >= 15 is 0 Å². The molecular weight excluding hydrogens is 231 g/mol. The minimum absolute atomic E-state index is 0. The fourth-order valence-corrected chi connectivity index (χ4v) is 1.99. The summed E-state index contributed by atoms with van der Waals surface area (Å²) < 4.78 is 0. The van der Waals surface area contributed by atoms with Gasteiger partial charge in [0.25, 0.3) is 0 Å². The Balaban J connectivity index is 0.00000256. The van der Waals surface area contributed by atoms with E-state index in [1.807, 2.05) is 13.0 Å². The molecule has 6 heteroatoms. The summed E-state index contributed by atoms with van der Waals surface area (Å²) in [5.41, 5.74) is -0.552. The number of urea groups is 1.